The van der Waals surface area contributed by atoms with E-state index in [0.29, 0.717) is 17.0 Å². The summed E-state index contributed by atoms with van der Waals surface area (Å²) in [4.78, 5) is 73.9. The van der Waals surface area contributed by atoms with Crippen molar-refractivity contribution in [2.75, 3.05) is 0 Å². The number of hydrogen-bond donors (Lipinski definition) is 0. The van der Waals surface area contributed by atoms with E-state index in [2.05, 4.69) is 86.1 Å². The summed E-state index contributed by atoms with van der Waals surface area (Å²) in [6.45, 7) is 31.6. The zero-order valence-electron chi connectivity index (χ0n) is 55.7. The number of terminal acetylenes is 1. The summed E-state index contributed by atoms with van der Waals surface area (Å²) < 4.78 is 0. The Balaban J connectivity index is -0.000000341. The van der Waals surface area contributed by atoms with Crippen molar-refractivity contribution >= 4 is 41.8 Å². The SMILES string of the molecule is C#CC#Cc1ccc(C(=O)[O-])cc1.CC(C)(C)c1cc(C(=O)[O-])cc(C(C)(C)C)c1.CC(C)(C)c1ccc(C(=O)[O-])cc1.Cc1cc(C)c(C(=O)[O-])c(C)c1.Cc1cc(C)cc(C(=O)[O-])c1.Cc1ccc(C)c(C(=O)[O-])c1.O=C([O-])c1ccc(C2CCCCC2)cc1.[HH].[HH].[HH].[HH].[HH].[HH]. The van der Waals surface area contributed by atoms with Crippen molar-refractivity contribution in [2.45, 2.75) is 165 Å². The molecule has 1 aliphatic rings. The van der Waals surface area contributed by atoms with Crippen LogP contribution in [0.25, 0.3) is 0 Å². The second-order valence-electron chi connectivity index (χ2n) is 25.5. The van der Waals surface area contributed by atoms with E-state index in [0.717, 1.165) is 55.6 Å². The van der Waals surface area contributed by atoms with Gasteiger partial charge in [-0.25, -0.2) is 0 Å². The van der Waals surface area contributed by atoms with Crippen LogP contribution in [-0.2, 0) is 16.2 Å². The fourth-order valence-electron chi connectivity index (χ4n) is 9.39. The van der Waals surface area contributed by atoms with Gasteiger partial charge in [0.25, 0.3) is 0 Å². The lowest BCUT2D eigenvalue weighted by atomic mass is 9.79. The molecule has 0 heterocycles. The molecule has 1 saturated carbocycles. The number of rotatable bonds is 8. The number of aromatic carboxylic acids is 7. The molecule has 0 atom stereocenters. The molecule has 1 aliphatic carbocycles. The van der Waals surface area contributed by atoms with E-state index in [1.807, 2.05) is 76.2 Å². The van der Waals surface area contributed by atoms with Gasteiger partial charge < -0.3 is 69.3 Å². The van der Waals surface area contributed by atoms with Gasteiger partial charge in [-0.05, 0) is 192 Å². The van der Waals surface area contributed by atoms with E-state index in [1.165, 1.54) is 49.8 Å². The smallest absolute Gasteiger partial charge is 0.0720 e. The minimum atomic E-state index is -1.20. The van der Waals surface area contributed by atoms with Crippen molar-refractivity contribution in [2.24, 2.45) is 0 Å². The number of carbonyl (C=O) groups is 7. The Morgan fingerprint density at radius 2 is 0.761 bits per heavy atom. The quantitative estimate of drug-likeness (QED) is 0.128. The van der Waals surface area contributed by atoms with Crippen molar-refractivity contribution < 1.29 is 77.9 Å². The summed E-state index contributed by atoms with van der Waals surface area (Å²) in [7, 11) is 0. The van der Waals surface area contributed by atoms with Crippen LogP contribution < -0.4 is 35.7 Å². The molecule has 7 aromatic carbocycles. The van der Waals surface area contributed by atoms with Crippen LogP contribution in [0.4, 0.5) is 0 Å². The van der Waals surface area contributed by atoms with E-state index in [-0.39, 0.29) is 58.2 Å². The highest BCUT2D eigenvalue weighted by atomic mass is 16.4. The van der Waals surface area contributed by atoms with Gasteiger partial charge in [-0.15, -0.1) is 6.42 Å². The van der Waals surface area contributed by atoms with Gasteiger partial charge in [-0.3, -0.25) is 0 Å². The number of carbonyl (C=O) groups excluding carboxylic acids is 7. The molecule has 14 heteroatoms. The molecule has 0 unspecified atom stereocenters. The van der Waals surface area contributed by atoms with Gasteiger partial charge in [0.1, 0.15) is 0 Å². The minimum Gasteiger partial charge on any atom is -0.545 e. The highest BCUT2D eigenvalue weighted by molar-refractivity contribution is 5.90. The molecule has 0 radical (unpaired) electrons. The summed E-state index contributed by atoms with van der Waals surface area (Å²) in [5.41, 5.74) is 13.0. The molecule has 8 rings (SSSR count). The lowest BCUT2D eigenvalue weighted by Crippen LogP contribution is -2.25. The van der Waals surface area contributed by atoms with Crippen LogP contribution in [-0.4, -0.2) is 41.8 Å². The van der Waals surface area contributed by atoms with Crippen molar-refractivity contribution in [3.63, 3.8) is 0 Å². The second-order valence-corrected chi connectivity index (χ2v) is 25.5. The zero-order chi connectivity index (χ0) is 70.0. The molecule has 92 heavy (non-hydrogen) atoms. The average Bonchev–Trinajstić information content (AvgIpc) is 0.810. The molecule has 0 saturated heterocycles. The van der Waals surface area contributed by atoms with Gasteiger partial charge in [0.15, 0.2) is 0 Å². The number of aryl methyl sites for hydroxylation is 7. The van der Waals surface area contributed by atoms with Gasteiger partial charge in [0.05, 0.1) is 41.8 Å². The standard InChI is InChI=1S/C15H22O2.C13H16O2.C11H14O2.C11H6O2.C10H12O2.2C9H10O2.6H2/c1-14(2,3)11-7-10(13(16)17)8-12(9-11)15(4,5)6;14-13(15)12-8-6-11(7-9-12)10-4-2-1-3-5-10;1-11(2,3)9-6-4-8(5-7-9)10(12)13;1-2-3-4-9-5-7-10(8-6-9)11(12)13;1-6-4-7(2)9(10(11)12)8(3)5-6;1-6-3-7(2)5-8(4-6)9(10)11;1-6-3-4-7(2)8(5-6)9(10)11;;;;;;/h7-9H,1-6H3,(H,16,17);6-10H,1-5H2,(H,14,15);4-7H,1-3H3,(H,12,13);1,5-8H,(H,12,13);4-5H,1-3H3,(H,11,12);2*3-5H,1-2H3,(H,10,11);6*1H/p-7. The molecule has 498 valence electrons. The highest BCUT2D eigenvalue weighted by Crippen LogP contribution is 2.33. The topological polar surface area (TPSA) is 281 Å². The van der Waals surface area contributed by atoms with E-state index >= 15 is 0 Å². The average molecular weight is 1260 g/mol. The van der Waals surface area contributed by atoms with Crippen LogP contribution in [0.2, 0.25) is 0 Å². The van der Waals surface area contributed by atoms with Crippen molar-refractivity contribution in [3.8, 4) is 24.2 Å². The van der Waals surface area contributed by atoms with Gasteiger partial charge >= 0.3 is 0 Å². The lowest BCUT2D eigenvalue weighted by Gasteiger charge is -2.26. The van der Waals surface area contributed by atoms with Crippen molar-refractivity contribution in [1.82, 2.24) is 0 Å². The van der Waals surface area contributed by atoms with Crippen LogP contribution >= 0.6 is 0 Å². The van der Waals surface area contributed by atoms with Crippen molar-refractivity contribution in [3.05, 3.63) is 245 Å². The van der Waals surface area contributed by atoms with E-state index in [4.69, 9.17) is 6.42 Å². The third-order valence-electron chi connectivity index (χ3n) is 14.5. The van der Waals surface area contributed by atoms with Gasteiger partial charge in [-0.2, -0.15) is 0 Å². The van der Waals surface area contributed by atoms with E-state index in [9.17, 15) is 69.3 Å². The maximum atomic E-state index is 11.0. The Labute approximate surface area is 552 Å². The largest absolute Gasteiger partial charge is 0.545 e. The molecule has 0 bridgehead atoms. The number of carboxylic acids is 7. The predicted molar refractivity (Wildman–Crippen MR) is 359 cm³/mol. The van der Waals surface area contributed by atoms with E-state index in [1.54, 1.807) is 93.6 Å². The van der Waals surface area contributed by atoms with Gasteiger partial charge in [0, 0.05) is 25.3 Å². The summed E-state index contributed by atoms with van der Waals surface area (Å²) >= 11 is 0. The number of benzene rings is 7. The summed E-state index contributed by atoms with van der Waals surface area (Å²) in [6, 6.07) is 39.6. The van der Waals surface area contributed by atoms with Gasteiger partial charge in [-0.1, -0.05) is 219 Å². The predicted octanol–water partition coefficient (Wildman–Crippen LogP) is 9.91. The summed E-state index contributed by atoms with van der Waals surface area (Å²) in [5, 5.41) is 73.9. The Hall–Kier alpha value is -10.1. The molecule has 0 spiro atoms. The Morgan fingerprint density at radius 1 is 0.380 bits per heavy atom. The van der Waals surface area contributed by atoms with Crippen LogP contribution in [0, 0.1) is 72.7 Å². The number of carboxylic acid groups (broad SMARTS) is 7. The third-order valence-corrected chi connectivity index (χ3v) is 14.5. The van der Waals surface area contributed by atoms with Crippen LogP contribution in [0.3, 0.4) is 0 Å². The normalized spacial score (nSPS) is 11.5. The molecule has 7 aromatic rings. The molecule has 0 N–H and O–H groups in total. The first-order chi connectivity index (χ1) is 42.7. The van der Waals surface area contributed by atoms with Gasteiger partial charge in [0.2, 0.25) is 0 Å². The van der Waals surface area contributed by atoms with Crippen LogP contribution in [0.1, 0.15) is 248 Å². The molecular formula is C78H95O14-7. The summed E-state index contributed by atoms with van der Waals surface area (Å²) in [6.07, 6.45) is 11.3. The first-order valence-corrected chi connectivity index (χ1v) is 29.8. The second kappa shape index (κ2) is 36.0. The monoisotopic (exact) mass is 1260 g/mol. The molecule has 1 fully saturated rings. The third kappa shape index (κ3) is 27.4. The first-order valence-electron chi connectivity index (χ1n) is 29.8. The molecule has 14 nitrogen and oxygen atoms in total. The summed E-state index contributed by atoms with van der Waals surface area (Å²) in [5.74, 6) is 0.0502. The lowest BCUT2D eigenvalue weighted by molar-refractivity contribution is -0.256. The van der Waals surface area contributed by atoms with Crippen molar-refractivity contribution in [1.29, 1.82) is 0 Å². The minimum absolute atomic E-state index is 0. The fraction of sp³-hybridized carbons (Fsp3) is 0.321. The molecule has 0 aliphatic heterocycles. The molecular weight excluding hydrogens is 1160 g/mol. The fourth-order valence-corrected chi connectivity index (χ4v) is 9.39. The maximum absolute atomic E-state index is 11.0. The maximum Gasteiger partial charge on any atom is 0.0720 e. The Morgan fingerprint density at radius 3 is 1.12 bits per heavy atom. The van der Waals surface area contributed by atoms with Crippen LogP contribution in [0.5, 0.6) is 0 Å². The van der Waals surface area contributed by atoms with Crippen LogP contribution in [0.15, 0.2) is 140 Å². The number of hydrogen-bond acceptors (Lipinski definition) is 14. The molecule has 0 aromatic heterocycles. The highest BCUT2D eigenvalue weighted by Gasteiger charge is 2.21. The van der Waals surface area contributed by atoms with E-state index < -0.39 is 41.8 Å². The Kier molecular flexibility index (Phi) is 30.5. The zero-order valence-corrected chi connectivity index (χ0v) is 55.7. The Bertz CT molecular complexity index is 3740. The first kappa shape index (κ1) is 78.0. The molecule has 0 amide bonds.